The minimum absolute atomic E-state index is 0.0445. The molecule has 0 aromatic carbocycles. The van der Waals surface area contributed by atoms with E-state index >= 15 is 0 Å². The number of Topliss-reactive ketones (excluding diaryl/α,β-unsaturated/α-hetero) is 3. The third-order valence-corrected chi connectivity index (χ3v) is 15.0. The first kappa shape index (κ1) is 35.7. The fourth-order valence-electron chi connectivity index (χ4n) is 13.4. The maximum atomic E-state index is 14.8. The highest BCUT2D eigenvalue weighted by Gasteiger charge is 2.95. The predicted octanol–water partition coefficient (Wildman–Crippen LogP) is -0.809. The number of carbonyl (C=O) groups is 7. The number of esters is 4. The first-order valence-corrected chi connectivity index (χ1v) is 17.8. The van der Waals surface area contributed by atoms with Gasteiger partial charge >= 0.3 is 23.9 Å². The molecule has 8 rings (SSSR count). The van der Waals surface area contributed by atoms with E-state index in [1.54, 1.807) is 13.8 Å². The van der Waals surface area contributed by atoms with Crippen molar-refractivity contribution < 1.29 is 77.3 Å². The van der Waals surface area contributed by atoms with Crippen LogP contribution in [0.3, 0.4) is 0 Å². The van der Waals surface area contributed by atoms with E-state index in [0.717, 1.165) is 20.8 Å². The monoisotopic (exact) mass is 732 g/mol. The number of rotatable bonds is 5. The Morgan fingerprint density at radius 3 is 1.96 bits per heavy atom. The van der Waals surface area contributed by atoms with Gasteiger partial charge in [0.15, 0.2) is 11.9 Å². The standard InChI is InChI=1S/C36H44O16/c1-10-19-22(32(7)33(8,50-15(6)41)31(46)52-36(32)30(10)51-36)24(43)20-18-21(27(48-14(5)40)29(45)35(19,20)12(3)38)34(11(2)37)16(9-17-25(49-17)28(34)44)23(42)26(18)47-13(4)39/h10,16-22,24-30,43-45H,9H2,1-8H3. The molecule has 20 atom stereocenters. The summed E-state index contributed by atoms with van der Waals surface area (Å²) < 4.78 is 35.2. The predicted molar refractivity (Wildman–Crippen MR) is 166 cm³/mol. The molecule has 0 amide bonds. The number of fused-ring (bicyclic) bond motifs is 9. The zero-order valence-electron chi connectivity index (χ0n) is 30.0. The third kappa shape index (κ3) is 3.64. The summed E-state index contributed by atoms with van der Waals surface area (Å²) in [6.07, 6.45) is -11.3. The number of epoxide rings is 2. The molecule has 3 N–H and O–H groups in total. The summed E-state index contributed by atoms with van der Waals surface area (Å²) in [6, 6.07) is 0. The van der Waals surface area contributed by atoms with E-state index in [9.17, 15) is 48.9 Å². The van der Waals surface area contributed by atoms with E-state index < -0.39 is 159 Å². The van der Waals surface area contributed by atoms with Gasteiger partial charge in [-0.25, -0.2) is 4.79 Å². The third-order valence-electron chi connectivity index (χ3n) is 15.0. The molecule has 5 saturated carbocycles. The zero-order valence-corrected chi connectivity index (χ0v) is 30.0. The molecule has 3 aliphatic heterocycles. The first-order chi connectivity index (χ1) is 24.1. The molecule has 0 aromatic rings. The summed E-state index contributed by atoms with van der Waals surface area (Å²) in [6.45, 7) is 10.2. The van der Waals surface area contributed by atoms with Gasteiger partial charge in [0.25, 0.3) is 5.79 Å². The maximum absolute atomic E-state index is 14.8. The number of hydrogen-bond donors (Lipinski definition) is 3. The average molecular weight is 733 g/mol. The lowest BCUT2D eigenvalue weighted by Crippen LogP contribution is -2.77. The van der Waals surface area contributed by atoms with Crippen LogP contribution in [0.2, 0.25) is 0 Å². The van der Waals surface area contributed by atoms with Crippen molar-refractivity contribution in [3.63, 3.8) is 0 Å². The van der Waals surface area contributed by atoms with Gasteiger partial charge in [-0.1, -0.05) is 6.92 Å². The van der Waals surface area contributed by atoms with Crippen LogP contribution in [0.5, 0.6) is 0 Å². The molecule has 3 saturated heterocycles. The Kier molecular flexibility index (Phi) is 7.18. The van der Waals surface area contributed by atoms with Crippen LogP contribution >= 0.6 is 0 Å². The van der Waals surface area contributed by atoms with E-state index in [4.69, 9.17) is 28.4 Å². The molecule has 0 aromatic heterocycles. The van der Waals surface area contributed by atoms with Crippen molar-refractivity contribution in [2.45, 2.75) is 122 Å². The van der Waals surface area contributed by atoms with Crippen LogP contribution in [0.4, 0.5) is 0 Å². The topological polar surface area (TPSA) is 242 Å². The van der Waals surface area contributed by atoms with Gasteiger partial charge in [-0.2, -0.15) is 0 Å². The van der Waals surface area contributed by atoms with E-state index in [1.165, 1.54) is 20.8 Å². The second-order valence-corrected chi connectivity index (χ2v) is 16.8. The SMILES string of the molecule is CC(=O)OC1C(=O)C2CC3OC3C(O)C2(C(C)=O)C2C(OC(C)=O)C(O)C3(C(C)=O)C(C(O)C4C3C(C)C3OC35OC(=O)C(C)(OC(C)=O)C45C)C12. The Morgan fingerprint density at radius 2 is 1.40 bits per heavy atom. The summed E-state index contributed by atoms with van der Waals surface area (Å²) in [5.74, 6) is -16.4. The molecule has 3 heterocycles. The van der Waals surface area contributed by atoms with Crippen molar-refractivity contribution >= 4 is 41.2 Å². The smallest absolute Gasteiger partial charge is 0.353 e. The van der Waals surface area contributed by atoms with Gasteiger partial charge in [0.1, 0.15) is 36.0 Å². The molecule has 0 radical (unpaired) electrons. The van der Waals surface area contributed by atoms with E-state index in [2.05, 4.69) is 0 Å². The average Bonchev–Trinajstić information content (AvgIpc) is 3.94. The van der Waals surface area contributed by atoms with Crippen molar-refractivity contribution in [2.75, 3.05) is 0 Å². The van der Waals surface area contributed by atoms with Gasteiger partial charge < -0.3 is 43.7 Å². The minimum atomic E-state index is -2.11. The number of aliphatic hydroxyl groups is 3. The number of ketones is 3. The highest BCUT2D eigenvalue weighted by atomic mass is 16.8. The molecule has 16 nitrogen and oxygen atoms in total. The molecular weight excluding hydrogens is 688 g/mol. The molecule has 5 aliphatic carbocycles. The Hall–Kier alpha value is -3.31. The van der Waals surface area contributed by atoms with Crippen molar-refractivity contribution in [1.82, 2.24) is 0 Å². The van der Waals surface area contributed by atoms with Gasteiger partial charge in [-0.05, 0) is 46.0 Å². The van der Waals surface area contributed by atoms with Crippen molar-refractivity contribution in [3.05, 3.63) is 0 Å². The second kappa shape index (κ2) is 10.5. The van der Waals surface area contributed by atoms with Crippen molar-refractivity contribution in [2.24, 2.45) is 57.7 Å². The lowest BCUT2D eigenvalue weighted by Gasteiger charge is -2.64. The number of ether oxygens (including phenoxy) is 6. The lowest BCUT2D eigenvalue weighted by molar-refractivity contribution is -0.265. The molecule has 8 fully saturated rings. The zero-order chi connectivity index (χ0) is 38.2. The van der Waals surface area contributed by atoms with Crippen LogP contribution in [0.1, 0.15) is 61.8 Å². The number of hydrogen-bond acceptors (Lipinski definition) is 16. The number of aliphatic hydroxyl groups excluding tert-OH is 3. The van der Waals surface area contributed by atoms with Gasteiger partial charge in [-0.15, -0.1) is 0 Å². The highest BCUT2D eigenvalue weighted by Crippen LogP contribution is 2.81. The first-order valence-electron chi connectivity index (χ1n) is 17.8. The molecule has 8 aliphatic rings. The van der Waals surface area contributed by atoms with Gasteiger partial charge in [0, 0.05) is 50.4 Å². The highest BCUT2D eigenvalue weighted by molar-refractivity contribution is 5.98. The Labute approximate surface area is 298 Å². The quantitative estimate of drug-likeness (QED) is 0.178. The van der Waals surface area contributed by atoms with E-state index in [-0.39, 0.29) is 6.42 Å². The minimum Gasteiger partial charge on any atom is -0.459 e. The molecule has 16 heteroatoms. The van der Waals surface area contributed by atoms with Crippen LogP contribution < -0.4 is 0 Å². The molecule has 284 valence electrons. The summed E-state index contributed by atoms with van der Waals surface area (Å²) in [7, 11) is 0. The van der Waals surface area contributed by atoms with Crippen LogP contribution in [0.15, 0.2) is 0 Å². The summed E-state index contributed by atoms with van der Waals surface area (Å²) in [5.41, 5.74) is -8.01. The molecule has 20 unspecified atom stereocenters. The molecule has 52 heavy (non-hydrogen) atoms. The van der Waals surface area contributed by atoms with Crippen LogP contribution in [0.25, 0.3) is 0 Å². The normalized spacial score (nSPS) is 55.8. The van der Waals surface area contributed by atoms with E-state index in [0.29, 0.717) is 0 Å². The Bertz CT molecular complexity index is 1740. The van der Waals surface area contributed by atoms with Crippen molar-refractivity contribution in [1.29, 1.82) is 0 Å². The Balaban J connectivity index is 1.43. The van der Waals surface area contributed by atoms with Gasteiger partial charge in [0.2, 0.25) is 5.60 Å². The van der Waals surface area contributed by atoms with Crippen LogP contribution in [0, 0.1) is 57.7 Å². The number of carbonyl (C=O) groups excluding carboxylic acids is 7. The van der Waals surface area contributed by atoms with Gasteiger partial charge in [-0.3, -0.25) is 28.8 Å². The van der Waals surface area contributed by atoms with Crippen molar-refractivity contribution in [3.8, 4) is 0 Å². The van der Waals surface area contributed by atoms with Gasteiger partial charge in [0.05, 0.1) is 34.6 Å². The fourth-order valence-corrected chi connectivity index (χ4v) is 13.4. The summed E-state index contributed by atoms with van der Waals surface area (Å²) in [5, 5.41) is 37.9. The van der Waals surface area contributed by atoms with Crippen LogP contribution in [-0.4, -0.2) is 117 Å². The lowest BCUT2D eigenvalue weighted by atomic mass is 9.39. The maximum Gasteiger partial charge on any atom is 0.353 e. The van der Waals surface area contributed by atoms with Crippen LogP contribution in [-0.2, 0) is 62.0 Å². The second-order valence-electron chi connectivity index (χ2n) is 16.8. The van der Waals surface area contributed by atoms with E-state index in [1.807, 2.05) is 0 Å². The molecular formula is C36H44O16. The molecule has 1 spiro atoms. The largest absolute Gasteiger partial charge is 0.459 e. The Morgan fingerprint density at radius 1 is 0.788 bits per heavy atom. The summed E-state index contributed by atoms with van der Waals surface area (Å²) in [4.78, 5) is 95.9. The fraction of sp³-hybridized carbons (Fsp3) is 0.806. The summed E-state index contributed by atoms with van der Waals surface area (Å²) >= 11 is 0. The molecule has 0 bridgehead atoms.